The number of rotatable bonds is 9. The fourth-order valence-corrected chi connectivity index (χ4v) is 5.19. The van der Waals surface area contributed by atoms with E-state index >= 15 is 0 Å². The van der Waals surface area contributed by atoms with E-state index in [-0.39, 0.29) is 11.7 Å². The van der Waals surface area contributed by atoms with E-state index in [1.54, 1.807) is 12.1 Å². The van der Waals surface area contributed by atoms with Crippen molar-refractivity contribution in [3.63, 3.8) is 0 Å². The number of amides is 1. The molecule has 0 atom stereocenters. The lowest BCUT2D eigenvalue weighted by Crippen LogP contribution is -2.27. The van der Waals surface area contributed by atoms with Gasteiger partial charge in [-0.15, -0.1) is 10.2 Å². The minimum Gasteiger partial charge on any atom is -0.355 e. The molecule has 0 spiro atoms. The SMILES string of the molecule is CC(C)c1ccccc1-n1c(SCC(=O)NCCc2ccc(Cl)cc2Cl)nnc1-c1ccc(Cl)cc1. The van der Waals surface area contributed by atoms with Crippen molar-refractivity contribution >= 4 is 52.5 Å². The maximum absolute atomic E-state index is 12.6. The van der Waals surface area contributed by atoms with Crippen molar-refractivity contribution in [3.05, 3.63) is 92.9 Å². The highest BCUT2D eigenvalue weighted by molar-refractivity contribution is 7.99. The number of carbonyl (C=O) groups excluding carboxylic acids is 1. The smallest absolute Gasteiger partial charge is 0.230 e. The van der Waals surface area contributed by atoms with E-state index in [0.717, 1.165) is 16.8 Å². The summed E-state index contributed by atoms with van der Waals surface area (Å²) in [7, 11) is 0. The highest BCUT2D eigenvalue weighted by Gasteiger charge is 2.20. The van der Waals surface area contributed by atoms with Crippen LogP contribution < -0.4 is 5.32 Å². The van der Waals surface area contributed by atoms with Crippen molar-refractivity contribution < 1.29 is 4.79 Å². The van der Waals surface area contributed by atoms with Crippen molar-refractivity contribution in [2.24, 2.45) is 0 Å². The maximum atomic E-state index is 12.6. The molecule has 1 aromatic heterocycles. The van der Waals surface area contributed by atoms with E-state index in [1.807, 2.05) is 47.0 Å². The molecule has 0 fully saturated rings. The maximum Gasteiger partial charge on any atom is 0.230 e. The Morgan fingerprint density at radius 2 is 1.69 bits per heavy atom. The molecule has 1 heterocycles. The topological polar surface area (TPSA) is 59.8 Å². The number of hydrogen-bond donors (Lipinski definition) is 1. The fraction of sp³-hybridized carbons (Fsp3) is 0.222. The molecule has 186 valence electrons. The summed E-state index contributed by atoms with van der Waals surface area (Å²) in [5.41, 5.74) is 3.98. The highest BCUT2D eigenvalue weighted by Crippen LogP contribution is 2.32. The molecule has 9 heteroatoms. The van der Waals surface area contributed by atoms with E-state index in [4.69, 9.17) is 34.8 Å². The molecule has 0 aliphatic rings. The molecule has 0 saturated carbocycles. The Kier molecular flexibility index (Phi) is 8.96. The molecular weight excluding hydrogens is 535 g/mol. The van der Waals surface area contributed by atoms with Gasteiger partial charge in [-0.2, -0.15) is 0 Å². The van der Waals surface area contributed by atoms with Crippen LogP contribution >= 0.6 is 46.6 Å². The largest absolute Gasteiger partial charge is 0.355 e. The van der Waals surface area contributed by atoms with Crippen LogP contribution in [0.2, 0.25) is 15.1 Å². The Labute approximate surface area is 230 Å². The number of carbonyl (C=O) groups is 1. The van der Waals surface area contributed by atoms with Gasteiger partial charge in [-0.25, -0.2) is 0 Å². The van der Waals surface area contributed by atoms with Crippen molar-refractivity contribution in [3.8, 4) is 17.1 Å². The van der Waals surface area contributed by atoms with Gasteiger partial charge in [0.05, 0.1) is 11.4 Å². The minimum absolute atomic E-state index is 0.0928. The van der Waals surface area contributed by atoms with Gasteiger partial charge < -0.3 is 5.32 Å². The first-order chi connectivity index (χ1) is 17.3. The zero-order valence-electron chi connectivity index (χ0n) is 19.8. The van der Waals surface area contributed by atoms with Crippen molar-refractivity contribution in [2.45, 2.75) is 31.3 Å². The molecule has 0 radical (unpaired) electrons. The summed E-state index contributed by atoms with van der Waals surface area (Å²) in [6.07, 6.45) is 0.616. The average Bonchev–Trinajstić information content (AvgIpc) is 3.28. The first-order valence-electron chi connectivity index (χ1n) is 11.5. The number of aromatic nitrogens is 3. The van der Waals surface area contributed by atoms with E-state index in [2.05, 4.69) is 41.5 Å². The summed E-state index contributed by atoms with van der Waals surface area (Å²) in [6.45, 7) is 4.77. The second kappa shape index (κ2) is 12.2. The van der Waals surface area contributed by atoms with Crippen LogP contribution in [0.25, 0.3) is 17.1 Å². The van der Waals surface area contributed by atoms with E-state index in [0.29, 0.717) is 44.9 Å². The summed E-state index contributed by atoms with van der Waals surface area (Å²) in [4.78, 5) is 12.6. The predicted molar refractivity (Wildman–Crippen MR) is 150 cm³/mol. The average molecular weight is 560 g/mol. The summed E-state index contributed by atoms with van der Waals surface area (Å²) in [5.74, 6) is 1.10. The molecule has 3 aromatic carbocycles. The van der Waals surface area contributed by atoms with Crippen LogP contribution in [0.3, 0.4) is 0 Å². The number of thioether (sulfide) groups is 1. The van der Waals surface area contributed by atoms with Crippen LogP contribution in [0, 0.1) is 0 Å². The lowest BCUT2D eigenvalue weighted by Gasteiger charge is -2.17. The Morgan fingerprint density at radius 1 is 0.972 bits per heavy atom. The number of para-hydroxylation sites is 1. The highest BCUT2D eigenvalue weighted by atomic mass is 35.5. The molecular formula is C27H25Cl3N4OS. The first-order valence-corrected chi connectivity index (χ1v) is 13.6. The zero-order valence-corrected chi connectivity index (χ0v) is 22.9. The van der Waals surface area contributed by atoms with Gasteiger partial charge in [0.15, 0.2) is 11.0 Å². The van der Waals surface area contributed by atoms with Crippen LogP contribution in [0.1, 0.15) is 30.9 Å². The molecule has 36 heavy (non-hydrogen) atoms. The molecule has 0 bridgehead atoms. The Morgan fingerprint density at radius 3 is 2.42 bits per heavy atom. The minimum atomic E-state index is -0.0928. The standard InChI is InChI=1S/C27H25Cl3N4OS/c1-17(2)22-5-3-4-6-24(22)34-26(19-8-10-20(28)11-9-19)32-33-27(34)36-16-25(35)31-14-13-18-7-12-21(29)15-23(18)30/h3-12,15,17H,13-14,16H2,1-2H3,(H,31,35). The second-order valence-electron chi connectivity index (χ2n) is 8.49. The summed E-state index contributed by atoms with van der Waals surface area (Å²) in [6, 6.07) is 21.1. The van der Waals surface area contributed by atoms with Crippen molar-refractivity contribution in [1.82, 2.24) is 20.1 Å². The second-order valence-corrected chi connectivity index (χ2v) is 10.7. The monoisotopic (exact) mass is 558 g/mol. The Hall–Kier alpha value is -2.51. The lowest BCUT2D eigenvalue weighted by atomic mass is 10.0. The number of hydrogen-bond acceptors (Lipinski definition) is 4. The normalized spacial score (nSPS) is 11.2. The summed E-state index contributed by atoms with van der Waals surface area (Å²) in [5, 5.41) is 14.4. The molecule has 1 N–H and O–H groups in total. The van der Waals surface area contributed by atoms with Gasteiger partial charge in [-0.1, -0.05) is 84.7 Å². The third-order valence-electron chi connectivity index (χ3n) is 5.60. The third-order valence-corrected chi connectivity index (χ3v) is 7.37. The predicted octanol–water partition coefficient (Wildman–Crippen LogP) is 7.47. The fourth-order valence-electron chi connectivity index (χ4n) is 3.79. The van der Waals surface area contributed by atoms with E-state index in [1.165, 1.54) is 17.3 Å². The quantitative estimate of drug-likeness (QED) is 0.216. The Balaban J connectivity index is 1.52. The van der Waals surface area contributed by atoms with Gasteiger partial charge in [0.1, 0.15) is 0 Å². The summed E-state index contributed by atoms with van der Waals surface area (Å²) >= 11 is 19.6. The van der Waals surface area contributed by atoms with Crippen molar-refractivity contribution in [1.29, 1.82) is 0 Å². The molecule has 0 aliphatic carbocycles. The van der Waals surface area contributed by atoms with Gasteiger partial charge in [-0.3, -0.25) is 9.36 Å². The van der Waals surface area contributed by atoms with E-state index < -0.39 is 0 Å². The van der Waals surface area contributed by atoms with Crippen LogP contribution in [0.4, 0.5) is 0 Å². The van der Waals surface area contributed by atoms with Gasteiger partial charge in [0.2, 0.25) is 5.91 Å². The molecule has 5 nitrogen and oxygen atoms in total. The van der Waals surface area contributed by atoms with E-state index in [9.17, 15) is 4.79 Å². The zero-order chi connectivity index (χ0) is 25.7. The van der Waals surface area contributed by atoms with Crippen LogP contribution in [-0.4, -0.2) is 33.0 Å². The van der Waals surface area contributed by atoms with Crippen LogP contribution in [0.5, 0.6) is 0 Å². The Bertz CT molecular complexity index is 1360. The molecule has 1 amide bonds. The van der Waals surface area contributed by atoms with Gasteiger partial charge in [0, 0.05) is 27.2 Å². The molecule has 0 unspecified atom stereocenters. The first kappa shape index (κ1) is 26.6. The van der Waals surface area contributed by atoms with Crippen molar-refractivity contribution in [2.75, 3.05) is 12.3 Å². The molecule has 4 aromatic rings. The van der Waals surface area contributed by atoms with Gasteiger partial charge in [0.25, 0.3) is 0 Å². The lowest BCUT2D eigenvalue weighted by molar-refractivity contribution is -0.118. The third kappa shape index (κ3) is 6.43. The molecule has 0 aliphatic heterocycles. The summed E-state index contributed by atoms with van der Waals surface area (Å²) < 4.78 is 2.02. The number of halogens is 3. The van der Waals surface area contributed by atoms with Gasteiger partial charge >= 0.3 is 0 Å². The van der Waals surface area contributed by atoms with Crippen LogP contribution in [0.15, 0.2) is 71.9 Å². The number of nitrogens with one attached hydrogen (secondary N) is 1. The number of nitrogens with zero attached hydrogens (tertiary/aromatic N) is 3. The number of benzene rings is 3. The molecule has 4 rings (SSSR count). The molecule has 0 saturated heterocycles. The van der Waals surface area contributed by atoms with Crippen LogP contribution in [-0.2, 0) is 11.2 Å². The van der Waals surface area contributed by atoms with Gasteiger partial charge in [-0.05, 0) is 65.9 Å².